The third-order valence-corrected chi connectivity index (χ3v) is 7.23. The van der Waals surface area contributed by atoms with E-state index < -0.39 is 5.97 Å². The molecule has 0 radical (unpaired) electrons. The molecule has 30 heavy (non-hydrogen) atoms. The highest BCUT2D eigenvalue weighted by atomic mass is 35.5. The van der Waals surface area contributed by atoms with E-state index in [0.717, 1.165) is 29.7 Å². The Morgan fingerprint density at radius 2 is 2.00 bits per heavy atom. The summed E-state index contributed by atoms with van der Waals surface area (Å²) < 4.78 is 5.00. The molecule has 0 fully saturated rings. The van der Waals surface area contributed by atoms with Crippen molar-refractivity contribution in [3.8, 4) is 0 Å². The van der Waals surface area contributed by atoms with E-state index in [2.05, 4.69) is 26.1 Å². The Morgan fingerprint density at radius 1 is 1.27 bits per heavy atom. The maximum Gasteiger partial charge on any atom is 0.341 e. The van der Waals surface area contributed by atoms with Crippen molar-refractivity contribution in [2.24, 2.45) is 11.3 Å². The number of thiophene rings is 1. The van der Waals surface area contributed by atoms with Crippen LogP contribution in [0.15, 0.2) is 24.3 Å². The van der Waals surface area contributed by atoms with Crippen molar-refractivity contribution in [3.05, 3.63) is 55.9 Å². The van der Waals surface area contributed by atoms with Gasteiger partial charge in [0.05, 0.1) is 12.7 Å². The Bertz CT molecular complexity index is 1000. The zero-order valence-electron chi connectivity index (χ0n) is 17.5. The molecule has 1 heterocycles. The summed E-state index contributed by atoms with van der Waals surface area (Å²) in [5.41, 5.74) is 2.36. The lowest BCUT2D eigenvalue weighted by Gasteiger charge is -2.33. The van der Waals surface area contributed by atoms with Gasteiger partial charge in [-0.2, -0.15) is 0 Å². The summed E-state index contributed by atoms with van der Waals surface area (Å²) in [6, 6.07) is 5.07. The second kappa shape index (κ2) is 9.13. The molecule has 4 nitrogen and oxygen atoms in total. The third-order valence-electron chi connectivity index (χ3n) is 5.49. The number of hydrogen-bond acceptors (Lipinski definition) is 4. The van der Waals surface area contributed by atoms with E-state index in [4.69, 9.17) is 27.9 Å². The van der Waals surface area contributed by atoms with Crippen molar-refractivity contribution in [1.82, 2.24) is 0 Å². The molecule has 1 amide bonds. The van der Waals surface area contributed by atoms with Crippen LogP contribution in [0.2, 0.25) is 10.0 Å². The third kappa shape index (κ3) is 5.08. The Labute approximate surface area is 191 Å². The number of nitrogens with one attached hydrogen (secondary N) is 1. The van der Waals surface area contributed by atoms with Crippen LogP contribution >= 0.6 is 34.5 Å². The molecule has 1 aliphatic carbocycles. The van der Waals surface area contributed by atoms with Crippen LogP contribution in [-0.4, -0.2) is 19.0 Å². The maximum atomic E-state index is 12.6. The number of ether oxygens (including phenoxy) is 1. The fourth-order valence-electron chi connectivity index (χ4n) is 3.69. The molecule has 7 heteroatoms. The van der Waals surface area contributed by atoms with Gasteiger partial charge in [0.2, 0.25) is 5.91 Å². The number of amides is 1. The minimum atomic E-state index is -0.415. The lowest BCUT2D eigenvalue weighted by Crippen LogP contribution is -2.26. The van der Waals surface area contributed by atoms with Crippen LogP contribution in [0.4, 0.5) is 5.00 Å². The van der Waals surface area contributed by atoms with E-state index in [0.29, 0.717) is 32.1 Å². The first-order chi connectivity index (χ1) is 14.1. The Balaban J connectivity index is 1.85. The molecule has 0 bridgehead atoms. The fraction of sp³-hybridized carbons (Fsp3) is 0.391. The minimum absolute atomic E-state index is 0.192. The van der Waals surface area contributed by atoms with Crippen molar-refractivity contribution in [2.75, 3.05) is 12.4 Å². The lowest BCUT2D eigenvalue weighted by molar-refractivity contribution is -0.111. The number of hydrogen-bond donors (Lipinski definition) is 1. The average Bonchev–Trinajstić information content (AvgIpc) is 3.02. The van der Waals surface area contributed by atoms with Gasteiger partial charge in [-0.3, -0.25) is 4.79 Å². The number of halogens is 2. The Hall–Kier alpha value is -1.82. The molecule has 1 N–H and O–H groups in total. The molecule has 0 saturated carbocycles. The number of esters is 1. The predicted octanol–water partition coefficient (Wildman–Crippen LogP) is 6.64. The number of carbonyl (C=O) groups excluding carboxylic acids is 2. The smallest absolute Gasteiger partial charge is 0.341 e. The molecular formula is C23H25Cl2NO3S. The zero-order valence-corrected chi connectivity index (χ0v) is 19.8. The molecule has 0 spiro atoms. The number of anilines is 1. The van der Waals surface area contributed by atoms with Gasteiger partial charge in [0.15, 0.2) is 0 Å². The molecule has 0 saturated heterocycles. The van der Waals surface area contributed by atoms with Crippen LogP contribution < -0.4 is 5.32 Å². The number of rotatable bonds is 4. The topological polar surface area (TPSA) is 55.4 Å². The van der Waals surface area contributed by atoms with Gasteiger partial charge >= 0.3 is 5.97 Å². The largest absolute Gasteiger partial charge is 0.465 e. The van der Waals surface area contributed by atoms with E-state index in [1.807, 2.05) is 0 Å². The molecule has 160 valence electrons. The van der Waals surface area contributed by atoms with Gasteiger partial charge in [-0.1, -0.05) is 50.0 Å². The van der Waals surface area contributed by atoms with Gasteiger partial charge in [-0.15, -0.1) is 11.3 Å². The van der Waals surface area contributed by atoms with Gasteiger partial charge in [-0.05, 0) is 59.9 Å². The highest BCUT2D eigenvalue weighted by Gasteiger charge is 2.34. The summed E-state index contributed by atoms with van der Waals surface area (Å²) in [6.45, 7) is 6.73. The van der Waals surface area contributed by atoms with Gasteiger partial charge in [0, 0.05) is 21.0 Å². The summed E-state index contributed by atoms with van der Waals surface area (Å²) in [6.07, 6.45) is 5.74. The average molecular weight is 466 g/mol. The van der Waals surface area contributed by atoms with Crippen LogP contribution in [0.1, 0.15) is 53.6 Å². The Kier molecular flexibility index (Phi) is 6.95. The fourth-order valence-corrected chi connectivity index (χ4v) is 5.48. The van der Waals surface area contributed by atoms with Crippen LogP contribution in [0, 0.1) is 11.3 Å². The summed E-state index contributed by atoms with van der Waals surface area (Å²) >= 11 is 13.5. The predicted molar refractivity (Wildman–Crippen MR) is 125 cm³/mol. The lowest BCUT2D eigenvalue weighted by atomic mass is 9.72. The standard InChI is InChI=1S/C23H25Cl2NO3S/c1-23(2,3)14-7-9-16-18(11-14)30-21(20(16)22(28)29-4)26-19(27)10-6-13-5-8-15(24)12-17(13)25/h5-6,8,10,12,14H,7,9,11H2,1-4H3,(H,26,27)/b10-6+. The summed E-state index contributed by atoms with van der Waals surface area (Å²) in [5.74, 6) is -0.219. The monoisotopic (exact) mass is 465 g/mol. The molecule has 2 aromatic rings. The maximum absolute atomic E-state index is 12.6. The van der Waals surface area contributed by atoms with Crippen molar-refractivity contribution in [2.45, 2.75) is 40.0 Å². The number of methoxy groups -OCH3 is 1. The van der Waals surface area contributed by atoms with Crippen LogP contribution in [0.5, 0.6) is 0 Å². The van der Waals surface area contributed by atoms with Gasteiger partial charge in [-0.25, -0.2) is 4.79 Å². The van der Waals surface area contributed by atoms with E-state index in [-0.39, 0.29) is 11.3 Å². The van der Waals surface area contributed by atoms with Crippen LogP contribution in [0.3, 0.4) is 0 Å². The van der Waals surface area contributed by atoms with Gasteiger partial charge in [0.25, 0.3) is 0 Å². The molecule has 1 aromatic heterocycles. The molecule has 0 aliphatic heterocycles. The van der Waals surface area contributed by atoms with Crippen molar-refractivity contribution in [3.63, 3.8) is 0 Å². The SMILES string of the molecule is COC(=O)c1c(NC(=O)/C=C/c2ccc(Cl)cc2Cl)sc2c1CCC(C(C)(C)C)C2. The summed E-state index contributed by atoms with van der Waals surface area (Å²) in [4.78, 5) is 26.2. The molecular weight excluding hydrogens is 441 g/mol. The number of fused-ring (bicyclic) bond motifs is 1. The summed E-state index contributed by atoms with van der Waals surface area (Å²) in [5, 5.41) is 4.39. The van der Waals surface area contributed by atoms with Crippen molar-refractivity contribution >= 4 is 57.5 Å². The quantitative estimate of drug-likeness (QED) is 0.406. The van der Waals surface area contributed by atoms with Gasteiger partial charge < -0.3 is 10.1 Å². The number of benzene rings is 1. The second-order valence-electron chi connectivity index (χ2n) is 8.49. The molecule has 1 atom stereocenters. The van der Waals surface area contributed by atoms with Crippen molar-refractivity contribution < 1.29 is 14.3 Å². The van der Waals surface area contributed by atoms with E-state index in [1.165, 1.54) is 24.5 Å². The number of carbonyl (C=O) groups is 2. The van der Waals surface area contributed by atoms with E-state index >= 15 is 0 Å². The second-order valence-corrected chi connectivity index (χ2v) is 10.4. The molecule has 1 aliphatic rings. The molecule has 3 rings (SSSR count). The van der Waals surface area contributed by atoms with E-state index in [9.17, 15) is 9.59 Å². The molecule has 1 aromatic carbocycles. The first kappa shape index (κ1) is 22.9. The summed E-state index contributed by atoms with van der Waals surface area (Å²) in [7, 11) is 1.36. The van der Waals surface area contributed by atoms with Gasteiger partial charge in [0.1, 0.15) is 5.00 Å². The van der Waals surface area contributed by atoms with Crippen LogP contribution in [-0.2, 0) is 22.4 Å². The van der Waals surface area contributed by atoms with E-state index in [1.54, 1.807) is 24.3 Å². The highest BCUT2D eigenvalue weighted by molar-refractivity contribution is 7.17. The minimum Gasteiger partial charge on any atom is -0.465 e. The first-order valence-corrected chi connectivity index (χ1v) is 11.3. The highest BCUT2D eigenvalue weighted by Crippen LogP contribution is 2.44. The van der Waals surface area contributed by atoms with Crippen molar-refractivity contribution in [1.29, 1.82) is 0 Å². The Morgan fingerprint density at radius 3 is 2.63 bits per heavy atom. The normalized spacial score (nSPS) is 16.4. The first-order valence-electron chi connectivity index (χ1n) is 9.77. The zero-order chi connectivity index (χ0) is 22.1. The van der Waals surface area contributed by atoms with Crippen LogP contribution in [0.25, 0.3) is 6.08 Å². The molecule has 1 unspecified atom stereocenters.